The summed E-state index contributed by atoms with van der Waals surface area (Å²) in [6.45, 7) is 4.07. The molecule has 3 heteroatoms. The molecule has 0 fully saturated rings. The lowest BCUT2D eigenvalue weighted by Crippen LogP contribution is -2.16. The van der Waals surface area contributed by atoms with E-state index in [9.17, 15) is 0 Å². The molecule has 1 unspecified atom stereocenters. The first-order valence-corrected chi connectivity index (χ1v) is 3.75. The topological polar surface area (TPSA) is 37.0 Å². The standard InChI is InChI=1S/C8H11N3/c1-5-3-7-8(4-9-5)11-6(2)10-7/h3-4,6,10-11H,1-2H3. The van der Waals surface area contributed by atoms with Gasteiger partial charge in [0.15, 0.2) is 0 Å². The molecule has 1 aromatic rings. The van der Waals surface area contributed by atoms with E-state index in [1.807, 2.05) is 19.2 Å². The Balaban J connectivity index is 2.43. The number of hydrogen-bond acceptors (Lipinski definition) is 3. The van der Waals surface area contributed by atoms with Crippen LogP contribution in [0.3, 0.4) is 0 Å². The molecule has 2 heterocycles. The zero-order valence-corrected chi connectivity index (χ0v) is 6.68. The molecule has 0 bridgehead atoms. The van der Waals surface area contributed by atoms with Crippen LogP contribution < -0.4 is 10.6 Å². The monoisotopic (exact) mass is 149 g/mol. The lowest BCUT2D eigenvalue weighted by molar-refractivity contribution is 0.955. The van der Waals surface area contributed by atoms with Crippen molar-refractivity contribution in [1.29, 1.82) is 0 Å². The van der Waals surface area contributed by atoms with Gasteiger partial charge in [0.05, 0.1) is 23.7 Å². The Kier molecular flexibility index (Phi) is 1.24. The molecular formula is C8H11N3. The van der Waals surface area contributed by atoms with E-state index in [0.29, 0.717) is 6.17 Å². The predicted octanol–water partition coefficient (Wildman–Crippen LogP) is 1.57. The summed E-state index contributed by atoms with van der Waals surface area (Å²) in [5.74, 6) is 0. The van der Waals surface area contributed by atoms with Gasteiger partial charge in [0.2, 0.25) is 0 Å². The van der Waals surface area contributed by atoms with Crippen molar-refractivity contribution in [2.75, 3.05) is 10.6 Å². The smallest absolute Gasteiger partial charge is 0.0936 e. The lowest BCUT2D eigenvalue weighted by atomic mass is 10.3. The minimum absolute atomic E-state index is 0.327. The van der Waals surface area contributed by atoms with E-state index in [0.717, 1.165) is 17.1 Å². The van der Waals surface area contributed by atoms with Crippen LogP contribution in [0.5, 0.6) is 0 Å². The van der Waals surface area contributed by atoms with Gasteiger partial charge < -0.3 is 10.6 Å². The highest BCUT2D eigenvalue weighted by Gasteiger charge is 2.14. The van der Waals surface area contributed by atoms with Gasteiger partial charge in [-0.3, -0.25) is 4.98 Å². The molecule has 0 saturated carbocycles. The van der Waals surface area contributed by atoms with E-state index in [1.54, 1.807) is 0 Å². The van der Waals surface area contributed by atoms with Gasteiger partial charge in [-0.2, -0.15) is 0 Å². The van der Waals surface area contributed by atoms with Gasteiger partial charge in [-0.15, -0.1) is 0 Å². The summed E-state index contributed by atoms with van der Waals surface area (Å²) in [6.07, 6.45) is 2.19. The second kappa shape index (κ2) is 2.12. The van der Waals surface area contributed by atoms with Crippen LogP contribution in [0.2, 0.25) is 0 Å². The van der Waals surface area contributed by atoms with Crippen molar-refractivity contribution in [3.8, 4) is 0 Å². The number of pyridine rings is 1. The molecule has 0 amide bonds. The predicted molar refractivity (Wildman–Crippen MR) is 45.7 cm³/mol. The Morgan fingerprint density at radius 1 is 1.36 bits per heavy atom. The number of aryl methyl sites for hydroxylation is 1. The molecule has 2 rings (SSSR count). The number of hydrogen-bond donors (Lipinski definition) is 2. The molecule has 1 aliphatic heterocycles. The number of rotatable bonds is 0. The molecule has 11 heavy (non-hydrogen) atoms. The molecule has 1 aliphatic rings. The second-order valence-electron chi connectivity index (χ2n) is 2.88. The Morgan fingerprint density at radius 2 is 2.09 bits per heavy atom. The van der Waals surface area contributed by atoms with Crippen molar-refractivity contribution in [3.05, 3.63) is 18.0 Å². The van der Waals surface area contributed by atoms with Crippen LogP contribution in [0.25, 0.3) is 0 Å². The summed E-state index contributed by atoms with van der Waals surface area (Å²) in [7, 11) is 0. The van der Waals surface area contributed by atoms with Gasteiger partial charge in [-0.25, -0.2) is 0 Å². The Morgan fingerprint density at radius 3 is 2.91 bits per heavy atom. The average Bonchev–Trinajstić information content (AvgIpc) is 2.27. The van der Waals surface area contributed by atoms with E-state index in [4.69, 9.17) is 0 Å². The molecule has 0 radical (unpaired) electrons. The van der Waals surface area contributed by atoms with Crippen molar-refractivity contribution in [1.82, 2.24) is 4.98 Å². The maximum atomic E-state index is 4.18. The van der Waals surface area contributed by atoms with Gasteiger partial charge >= 0.3 is 0 Å². The zero-order valence-electron chi connectivity index (χ0n) is 6.68. The van der Waals surface area contributed by atoms with Crippen LogP contribution in [-0.4, -0.2) is 11.1 Å². The van der Waals surface area contributed by atoms with Crippen LogP contribution in [0.1, 0.15) is 12.6 Å². The first-order chi connectivity index (χ1) is 5.25. The third-order valence-electron chi connectivity index (χ3n) is 1.78. The van der Waals surface area contributed by atoms with Gasteiger partial charge in [0.25, 0.3) is 0 Å². The third kappa shape index (κ3) is 1.02. The lowest BCUT2D eigenvalue weighted by Gasteiger charge is -2.01. The van der Waals surface area contributed by atoms with Crippen molar-refractivity contribution in [2.45, 2.75) is 20.0 Å². The van der Waals surface area contributed by atoms with Crippen LogP contribution in [0, 0.1) is 6.92 Å². The highest BCUT2D eigenvalue weighted by molar-refractivity contribution is 5.73. The van der Waals surface area contributed by atoms with Crippen LogP contribution in [0.15, 0.2) is 12.3 Å². The molecule has 3 nitrogen and oxygen atoms in total. The fourth-order valence-corrected chi connectivity index (χ4v) is 1.30. The molecule has 2 N–H and O–H groups in total. The molecule has 1 aromatic heterocycles. The molecule has 0 aromatic carbocycles. The summed E-state index contributed by atoms with van der Waals surface area (Å²) in [5.41, 5.74) is 3.31. The minimum Gasteiger partial charge on any atom is -0.364 e. The average molecular weight is 149 g/mol. The van der Waals surface area contributed by atoms with Crippen molar-refractivity contribution < 1.29 is 0 Å². The molecule has 58 valence electrons. The number of fused-ring (bicyclic) bond motifs is 1. The molecule has 0 saturated heterocycles. The summed E-state index contributed by atoms with van der Waals surface area (Å²) in [4.78, 5) is 4.18. The number of nitrogens with zero attached hydrogens (tertiary/aromatic N) is 1. The van der Waals surface area contributed by atoms with E-state index >= 15 is 0 Å². The fourth-order valence-electron chi connectivity index (χ4n) is 1.30. The zero-order chi connectivity index (χ0) is 7.84. The van der Waals surface area contributed by atoms with Crippen LogP contribution in [-0.2, 0) is 0 Å². The molecule has 0 aliphatic carbocycles. The second-order valence-corrected chi connectivity index (χ2v) is 2.88. The van der Waals surface area contributed by atoms with Crippen molar-refractivity contribution in [3.63, 3.8) is 0 Å². The maximum Gasteiger partial charge on any atom is 0.0936 e. The van der Waals surface area contributed by atoms with Gasteiger partial charge in [0, 0.05) is 5.69 Å². The largest absolute Gasteiger partial charge is 0.364 e. The van der Waals surface area contributed by atoms with Crippen LogP contribution >= 0.6 is 0 Å². The van der Waals surface area contributed by atoms with Crippen molar-refractivity contribution >= 4 is 11.4 Å². The first kappa shape index (κ1) is 6.46. The van der Waals surface area contributed by atoms with E-state index < -0.39 is 0 Å². The third-order valence-corrected chi connectivity index (χ3v) is 1.78. The summed E-state index contributed by atoms with van der Waals surface area (Å²) in [6, 6.07) is 2.05. The summed E-state index contributed by atoms with van der Waals surface area (Å²) >= 11 is 0. The minimum atomic E-state index is 0.327. The molecular weight excluding hydrogens is 138 g/mol. The van der Waals surface area contributed by atoms with Gasteiger partial charge in [-0.1, -0.05) is 0 Å². The number of nitrogens with one attached hydrogen (secondary N) is 2. The van der Waals surface area contributed by atoms with Gasteiger partial charge in [0.1, 0.15) is 0 Å². The van der Waals surface area contributed by atoms with E-state index in [2.05, 4.69) is 22.5 Å². The van der Waals surface area contributed by atoms with Gasteiger partial charge in [-0.05, 0) is 19.9 Å². The summed E-state index contributed by atoms with van der Waals surface area (Å²) in [5, 5.41) is 6.54. The molecule has 0 spiro atoms. The SMILES string of the molecule is Cc1cc2c(cn1)NC(C)N2. The first-order valence-electron chi connectivity index (χ1n) is 3.75. The normalized spacial score (nSPS) is 20.4. The quantitative estimate of drug-likeness (QED) is 0.588. The van der Waals surface area contributed by atoms with E-state index in [1.165, 1.54) is 0 Å². The highest BCUT2D eigenvalue weighted by atomic mass is 15.2. The molecule has 1 atom stereocenters. The highest BCUT2D eigenvalue weighted by Crippen LogP contribution is 2.27. The Bertz CT molecular complexity index is 283. The van der Waals surface area contributed by atoms with Crippen LogP contribution in [0.4, 0.5) is 11.4 Å². The number of anilines is 2. The maximum absolute atomic E-state index is 4.18. The van der Waals surface area contributed by atoms with E-state index in [-0.39, 0.29) is 0 Å². The summed E-state index contributed by atoms with van der Waals surface area (Å²) < 4.78 is 0. The Hall–Kier alpha value is -1.25. The fraction of sp³-hybridized carbons (Fsp3) is 0.375. The van der Waals surface area contributed by atoms with Crippen molar-refractivity contribution in [2.24, 2.45) is 0 Å². The number of aromatic nitrogens is 1. The Labute approximate surface area is 65.8 Å².